The maximum Gasteiger partial charge on any atom is 0.244 e. The third kappa shape index (κ3) is 9.25. The summed E-state index contributed by atoms with van der Waals surface area (Å²) < 4.78 is 10.8. The first-order valence-electron chi connectivity index (χ1n) is 10.3. The van der Waals surface area contributed by atoms with Crippen molar-refractivity contribution in [2.75, 3.05) is 20.8 Å². The molecule has 3 amide bonds. The zero-order chi connectivity index (χ0) is 23.4. The Balaban J connectivity index is 2.63. The molecule has 0 unspecified atom stereocenters. The Labute approximate surface area is 183 Å². The van der Waals surface area contributed by atoms with Gasteiger partial charge >= 0.3 is 0 Å². The van der Waals surface area contributed by atoms with Crippen molar-refractivity contribution in [3.63, 3.8) is 0 Å². The summed E-state index contributed by atoms with van der Waals surface area (Å²) in [6.45, 7) is 5.99. The third-order valence-electron chi connectivity index (χ3n) is 4.86. The lowest BCUT2D eigenvalue weighted by molar-refractivity contribution is -0.137. The van der Waals surface area contributed by atoms with E-state index in [-0.39, 0.29) is 12.3 Å². The minimum Gasteiger partial charge on any atom is -0.497 e. The van der Waals surface area contributed by atoms with Gasteiger partial charge in [-0.3, -0.25) is 19.6 Å². The van der Waals surface area contributed by atoms with Crippen LogP contribution in [0.15, 0.2) is 24.3 Å². The minimum absolute atomic E-state index is 0.174. The zero-order valence-electron chi connectivity index (χ0n) is 19.0. The van der Waals surface area contributed by atoms with E-state index in [1.54, 1.807) is 24.7 Å². The normalized spacial score (nSPS) is 13.0. The van der Waals surface area contributed by atoms with Crippen LogP contribution in [-0.4, -0.2) is 49.7 Å². The first-order chi connectivity index (χ1) is 14.6. The lowest BCUT2D eigenvalue weighted by Gasteiger charge is -2.31. The first-order valence-corrected chi connectivity index (χ1v) is 10.3. The molecule has 2 atom stereocenters. The van der Waals surface area contributed by atoms with Gasteiger partial charge in [0.05, 0.1) is 13.7 Å². The molecule has 0 fully saturated rings. The molecular weight excluding hydrogens is 402 g/mol. The highest BCUT2D eigenvalue weighted by Crippen LogP contribution is 2.22. The Morgan fingerprint density at radius 3 is 2.16 bits per heavy atom. The second kappa shape index (κ2) is 12.8. The maximum atomic E-state index is 12.8. The largest absolute Gasteiger partial charge is 0.497 e. The number of amides is 3. The lowest BCUT2D eigenvalue weighted by atomic mass is 9.85. The quantitative estimate of drug-likeness (QED) is 0.225. The van der Waals surface area contributed by atoms with Crippen LogP contribution >= 0.6 is 0 Å². The molecule has 0 aromatic heterocycles. The van der Waals surface area contributed by atoms with Crippen molar-refractivity contribution in [2.24, 2.45) is 11.3 Å². The highest BCUT2D eigenvalue weighted by molar-refractivity contribution is 5.90. The van der Waals surface area contributed by atoms with Crippen molar-refractivity contribution < 1.29 is 29.1 Å². The fourth-order valence-electron chi connectivity index (χ4n) is 3.03. The fourth-order valence-corrected chi connectivity index (χ4v) is 3.03. The number of benzene rings is 1. The second-order valence-corrected chi connectivity index (χ2v) is 8.38. The molecule has 0 radical (unpaired) electrons. The van der Waals surface area contributed by atoms with E-state index >= 15 is 0 Å². The molecule has 9 heteroatoms. The first kappa shape index (κ1) is 26.2. The highest BCUT2D eigenvalue weighted by Gasteiger charge is 2.34. The molecule has 0 saturated heterocycles. The molecule has 4 N–H and O–H groups in total. The van der Waals surface area contributed by atoms with Crippen LogP contribution in [0.2, 0.25) is 0 Å². The van der Waals surface area contributed by atoms with Gasteiger partial charge < -0.3 is 20.1 Å². The summed E-state index contributed by atoms with van der Waals surface area (Å²) in [7, 11) is 3.10. The standard InChI is InChI=1S/C22H35N3O6/c1-22(2,3)19(21(28)23-4)24-20(27)15(14-18(26)25-29)8-6-7-13-31-17-11-9-16(30-5)10-12-17/h9-12,15,19,29H,6-8,13-14H2,1-5H3,(H,23,28)(H,24,27)(H,25,26)/t15-,19-/m1/s1. The van der Waals surface area contributed by atoms with E-state index < -0.39 is 29.2 Å². The van der Waals surface area contributed by atoms with E-state index in [1.807, 2.05) is 32.9 Å². The van der Waals surface area contributed by atoms with Crippen molar-refractivity contribution in [3.8, 4) is 11.5 Å². The number of ether oxygens (including phenoxy) is 2. The Morgan fingerprint density at radius 1 is 1.03 bits per heavy atom. The average Bonchev–Trinajstić information content (AvgIpc) is 2.75. The van der Waals surface area contributed by atoms with E-state index in [1.165, 1.54) is 7.05 Å². The predicted octanol–water partition coefficient (Wildman–Crippen LogP) is 2.03. The fraction of sp³-hybridized carbons (Fsp3) is 0.591. The summed E-state index contributed by atoms with van der Waals surface area (Å²) in [5.41, 5.74) is 1.06. The number of hydroxylamine groups is 1. The monoisotopic (exact) mass is 437 g/mol. The molecule has 174 valence electrons. The van der Waals surface area contributed by atoms with Crippen molar-refractivity contribution in [1.29, 1.82) is 0 Å². The van der Waals surface area contributed by atoms with Crippen LogP contribution in [0.1, 0.15) is 46.5 Å². The summed E-state index contributed by atoms with van der Waals surface area (Å²) in [5.74, 6) is -0.575. The van der Waals surface area contributed by atoms with E-state index in [0.29, 0.717) is 31.6 Å². The smallest absolute Gasteiger partial charge is 0.244 e. The van der Waals surface area contributed by atoms with Gasteiger partial charge in [-0.05, 0) is 48.9 Å². The second-order valence-electron chi connectivity index (χ2n) is 8.38. The molecule has 0 heterocycles. The molecule has 0 aliphatic carbocycles. The van der Waals surface area contributed by atoms with Crippen LogP contribution in [0.3, 0.4) is 0 Å². The molecule has 31 heavy (non-hydrogen) atoms. The van der Waals surface area contributed by atoms with Gasteiger partial charge in [-0.1, -0.05) is 20.8 Å². The summed E-state index contributed by atoms with van der Waals surface area (Å²) in [6.07, 6.45) is 1.55. The SMILES string of the molecule is CNC(=O)[C@@H](NC(=O)[C@H](CCCCOc1ccc(OC)cc1)CC(=O)NO)C(C)(C)C. The van der Waals surface area contributed by atoms with Crippen LogP contribution in [-0.2, 0) is 14.4 Å². The number of methoxy groups -OCH3 is 1. The van der Waals surface area contributed by atoms with Crippen LogP contribution in [0.4, 0.5) is 0 Å². The van der Waals surface area contributed by atoms with Gasteiger partial charge in [-0.25, -0.2) is 5.48 Å². The Bertz CT molecular complexity index is 715. The van der Waals surface area contributed by atoms with Gasteiger partial charge in [-0.15, -0.1) is 0 Å². The van der Waals surface area contributed by atoms with Crippen molar-refractivity contribution in [1.82, 2.24) is 16.1 Å². The highest BCUT2D eigenvalue weighted by atomic mass is 16.5. The van der Waals surface area contributed by atoms with Gasteiger partial charge in [0.25, 0.3) is 0 Å². The summed E-state index contributed by atoms with van der Waals surface area (Å²) in [6, 6.07) is 6.49. The predicted molar refractivity (Wildman–Crippen MR) is 116 cm³/mol. The van der Waals surface area contributed by atoms with Crippen molar-refractivity contribution in [3.05, 3.63) is 24.3 Å². The molecule has 0 saturated carbocycles. The summed E-state index contributed by atoms with van der Waals surface area (Å²) in [4.78, 5) is 36.7. The molecule has 0 spiro atoms. The average molecular weight is 438 g/mol. The lowest BCUT2D eigenvalue weighted by Crippen LogP contribution is -2.54. The van der Waals surface area contributed by atoms with Crippen LogP contribution in [0, 0.1) is 11.3 Å². The molecule has 1 rings (SSSR count). The van der Waals surface area contributed by atoms with Gasteiger partial charge in [0.2, 0.25) is 17.7 Å². The van der Waals surface area contributed by atoms with Gasteiger partial charge in [0.1, 0.15) is 17.5 Å². The van der Waals surface area contributed by atoms with Gasteiger partial charge in [0, 0.05) is 19.4 Å². The van der Waals surface area contributed by atoms with Gasteiger partial charge in [0.15, 0.2) is 0 Å². The molecule has 0 bridgehead atoms. The van der Waals surface area contributed by atoms with E-state index in [0.717, 1.165) is 5.75 Å². The number of nitrogens with one attached hydrogen (secondary N) is 3. The van der Waals surface area contributed by atoms with E-state index in [4.69, 9.17) is 14.7 Å². The Morgan fingerprint density at radius 2 is 1.65 bits per heavy atom. The number of carbonyl (C=O) groups is 3. The van der Waals surface area contributed by atoms with E-state index in [2.05, 4.69) is 10.6 Å². The molecule has 1 aromatic carbocycles. The zero-order valence-corrected chi connectivity index (χ0v) is 19.0. The molecular formula is C22H35N3O6. The topological polar surface area (TPSA) is 126 Å². The van der Waals surface area contributed by atoms with Crippen LogP contribution < -0.4 is 25.6 Å². The van der Waals surface area contributed by atoms with Crippen molar-refractivity contribution >= 4 is 17.7 Å². The number of rotatable bonds is 12. The summed E-state index contributed by atoms with van der Waals surface area (Å²) >= 11 is 0. The Hall–Kier alpha value is -2.81. The van der Waals surface area contributed by atoms with Crippen LogP contribution in [0.5, 0.6) is 11.5 Å². The third-order valence-corrected chi connectivity index (χ3v) is 4.86. The molecule has 0 aliphatic rings. The van der Waals surface area contributed by atoms with Gasteiger partial charge in [-0.2, -0.15) is 0 Å². The summed E-state index contributed by atoms with van der Waals surface area (Å²) in [5, 5.41) is 14.2. The number of hydrogen-bond donors (Lipinski definition) is 4. The number of hydrogen-bond acceptors (Lipinski definition) is 6. The number of unbranched alkanes of at least 4 members (excludes halogenated alkanes) is 1. The molecule has 0 aliphatic heterocycles. The maximum absolute atomic E-state index is 12.8. The number of carbonyl (C=O) groups excluding carboxylic acids is 3. The molecule has 1 aromatic rings. The van der Waals surface area contributed by atoms with Crippen LogP contribution in [0.25, 0.3) is 0 Å². The van der Waals surface area contributed by atoms with E-state index in [9.17, 15) is 14.4 Å². The molecule has 9 nitrogen and oxygen atoms in total. The number of likely N-dealkylation sites (N-methyl/N-ethyl adjacent to an activating group) is 1. The Kier molecular flexibility index (Phi) is 10.8. The van der Waals surface area contributed by atoms with Crippen molar-refractivity contribution in [2.45, 2.75) is 52.5 Å². The minimum atomic E-state index is -0.747.